The summed E-state index contributed by atoms with van der Waals surface area (Å²) in [5.41, 5.74) is 5.77. The van der Waals surface area contributed by atoms with Gasteiger partial charge >= 0.3 is 0 Å². The highest BCUT2D eigenvalue weighted by Gasteiger charge is 2.22. The van der Waals surface area contributed by atoms with Crippen LogP contribution in [-0.2, 0) is 11.2 Å². The molecule has 0 saturated carbocycles. The summed E-state index contributed by atoms with van der Waals surface area (Å²) in [5.74, 6) is 0.343. The molecule has 2 aliphatic heterocycles. The Kier molecular flexibility index (Phi) is 5.40. The van der Waals surface area contributed by atoms with E-state index in [1.165, 1.54) is 0 Å². The highest BCUT2D eigenvalue weighted by molar-refractivity contribution is 6.31. The molecule has 0 radical (unpaired) electrons. The molecule has 2 aliphatic rings. The number of hydrogen-bond acceptors (Lipinski definition) is 7. The molecular formula is C23H24ClN7O. The minimum absolute atomic E-state index is 0.114. The van der Waals surface area contributed by atoms with Gasteiger partial charge in [0.05, 0.1) is 41.1 Å². The van der Waals surface area contributed by atoms with Crippen molar-refractivity contribution >= 4 is 40.5 Å². The number of fused-ring (bicyclic) bond motifs is 3. The fraction of sp³-hybridized carbons (Fsp3) is 0.304. The summed E-state index contributed by atoms with van der Waals surface area (Å²) in [6.45, 7) is 5.95. The third-order valence-corrected chi connectivity index (χ3v) is 6.15. The molecule has 1 aromatic carbocycles. The number of anilines is 4. The van der Waals surface area contributed by atoms with Gasteiger partial charge in [0.2, 0.25) is 11.9 Å². The quantitative estimate of drug-likeness (QED) is 0.632. The number of hydrogen-bond donors (Lipinski definition) is 2. The van der Waals surface area contributed by atoms with E-state index in [-0.39, 0.29) is 12.3 Å². The van der Waals surface area contributed by atoms with Gasteiger partial charge in [-0.2, -0.15) is 0 Å². The van der Waals surface area contributed by atoms with Crippen LogP contribution in [0.1, 0.15) is 11.3 Å². The van der Waals surface area contributed by atoms with Gasteiger partial charge in [-0.05, 0) is 38.2 Å². The number of carbonyl (C=O) groups excluding carboxylic acids is 1. The topological polar surface area (TPSA) is 86.3 Å². The molecule has 1 saturated heterocycles. The molecular weight excluding hydrogens is 426 g/mol. The van der Waals surface area contributed by atoms with Crippen LogP contribution in [0.25, 0.3) is 11.3 Å². The minimum Gasteiger partial charge on any atom is -0.368 e. The van der Waals surface area contributed by atoms with Gasteiger partial charge in [-0.25, -0.2) is 9.97 Å². The Bertz CT molecular complexity index is 1190. The molecule has 1 amide bonds. The fourth-order valence-electron chi connectivity index (χ4n) is 4.03. The van der Waals surface area contributed by atoms with E-state index in [4.69, 9.17) is 16.6 Å². The van der Waals surface area contributed by atoms with Crippen LogP contribution in [0.3, 0.4) is 0 Å². The largest absolute Gasteiger partial charge is 0.368 e. The SMILES string of the molecule is Cc1ncc(N2CCN(C)CC2)cc1Nc1ncc2c(n1)-c1ccc(Cl)cc1NC(=O)C2. The van der Waals surface area contributed by atoms with Gasteiger partial charge in [0.1, 0.15) is 0 Å². The van der Waals surface area contributed by atoms with Crippen LogP contribution >= 0.6 is 11.6 Å². The Labute approximate surface area is 191 Å². The van der Waals surface area contributed by atoms with Crippen LogP contribution in [0, 0.1) is 6.92 Å². The molecule has 0 aliphatic carbocycles. The Hall–Kier alpha value is -3.23. The van der Waals surface area contributed by atoms with Crippen molar-refractivity contribution in [3.05, 3.63) is 52.9 Å². The summed E-state index contributed by atoms with van der Waals surface area (Å²) >= 11 is 6.14. The third kappa shape index (κ3) is 4.11. The maximum absolute atomic E-state index is 12.3. The van der Waals surface area contributed by atoms with E-state index in [0.29, 0.717) is 22.4 Å². The van der Waals surface area contributed by atoms with Gasteiger partial charge in [-0.15, -0.1) is 0 Å². The average Bonchev–Trinajstić information content (AvgIpc) is 2.90. The van der Waals surface area contributed by atoms with Crippen LogP contribution in [0.5, 0.6) is 0 Å². The van der Waals surface area contributed by atoms with Crippen molar-refractivity contribution in [2.45, 2.75) is 13.3 Å². The van der Waals surface area contributed by atoms with Gasteiger partial charge in [0.25, 0.3) is 0 Å². The van der Waals surface area contributed by atoms with Crippen molar-refractivity contribution in [1.29, 1.82) is 0 Å². The van der Waals surface area contributed by atoms with Crippen molar-refractivity contribution < 1.29 is 4.79 Å². The van der Waals surface area contributed by atoms with Gasteiger partial charge in [-0.1, -0.05) is 11.6 Å². The van der Waals surface area contributed by atoms with Gasteiger partial charge < -0.3 is 20.4 Å². The predicted octanol–water partition coefficient (Wildman–Crippen LogP) is 3.49. The number of nitrogens with one attached hydrogen (secondary N) is 2. The van der Waals surface area contributed by atoms with E-state index >= 15 is 0 Å². The number of piperazine rings is 1. The maximum atomic E-state index is 12.3. The molecule has 5 rings (SSSR count). The summed E-state index contributed by atoms with van der Waals surface area (Å²) in [6, 6.07) is 7.51. The number of halogens is 1. The Balaban J connectivity index is 1.47. The van der Waals surface area contributed by atoms with E-state index in [0.717, 1.165) is 54.4 Å². The molecule has 2 aromatic heterocycles. The molecule has 164 valence electrons. The van der Waals surface area contributed by atoms with Crippen LogP contribution in [0.2, 0.25) is 5.02 Å². The smallest absolute Gasteiger partial charge is 0.228 e. The zero-order chi connectivity index (χ0) is 22.2. The summed E-state index contributed by atoms with van der Waals surface area (Å²) in [5, 5.41) is 6.79. The van der Waals surface area contributed by atoms with Crippen LogP contribution in [-0.4, -0.2) is 59.0 Å². The highest BCUT2D eigenvalue weighted by Crippen LogP contribution is 2.35. The lowest BCUT2D eigenvalue weighted by Gasteiger charge is -2.34. The molecule has 9 heteroatoms. The number of amides is 1. The van der Waals surface area contributed by atoms with Gasteiger partial charge in [0, 0.05) is 48.5 Å². The standard InChI is InChI=1S/C23H24ClN7O/c1-14-19(11-17(13-25-14)31-7-5-30(2)6-8-31)28-23-26-12-15-9-21(32)27-20-10-16(24)3-4-18(20)22(15)29-23/h3-4,10-13H,5-9H2,1-2H3,(H,27,32)(H,26,28,29). The minimum atomic E-state index is -0.114. The second kappa shape index (κ2) is 8.37. The number of aromatic nitrogens is 3. The zero-order valence-corrected chi connectivity index (χ0v) is 18.8. The summed E-state index contributed by atoms with van der Waals surface area (Å²) in [6.07, 6.45) is 3.84. The van der Waals surface area contributed by atoms with Crippen LogP contribution in [0.4, 0.5) is 23.0 Å². The second-order valence-corrected chi connectivity index (χ2v) is 8.66. The first-order valence-corrected chi connectivity index (χ1v) is 11.0. The molecule has 0 bridgehead atoms. The predicted molar refractivity (Wildman–Crippen MR) is 127 cm³/mol. The van der Waals surface area contributed by atoms with Gasteiger partial charge in [-0.3, -0.25) is 9.78 Å². The Morgan fingerprint density at radius 3 is 2.72 bits per heavy atom. The molecule has 4 heterocycles. The fourth-order valence-corrected chi connectivity index (χ4v) is 4.20. The second-order valence-electron chi connectivity index (χ2n) is 8.22. The van der Waals surface area contributed by atoms with E-state index < -0.39 is 0 Å². The van der Waals surface area contributed by atoms with Crippen molar-refractivity contribution in [2.75, 3.05) is 48.8 Å². The van der Waals surface area contributed by atoms with Crippen LogP contribution in [0.15, 0.2) is 36.7 Å². The summed E-state index contributed by atoms with van der Waals surface area (Å²) < 4.78 is 0. The molecule has 0 unspecified atom stereocenters. The molecule has 3 aromatic rings. The number of nitrogens with zero attached hydrogens (tertiary/aromatic N) is 5. The number of rotatable bonds is 3. The number of benzene rings is 1. The van der Waals surface area contributed by atoms with E-state index in [1.54, 1.807) is 18.3 Å². The van der Waals surface area contributed by atoms with Crippen molar-refractivity contribution in [1.82, 2.24) is 19.9 Å². The van der Waals surface area contributed by atoms with E-state index in [9.17, 15) is 4.79 Å². The lowest BCUT2D eigenvalue weighted by atomic mass is 10.1. The zero-order valence-electron chi connectivity index (χ0n) is 18.0. The monoisotopic (exact) mass is 449 g/mol. The summed E-state index contributed by atoms with van der Waals surface area (Å²) in [4.78, 5) is 30.8. The lowest BCUT2D eigenvalue weighted by molar-refractivity contribution is -0.115. The lowest BCUT2D eigenvalue weighted by Crippen LogP contribution is -2.44. The van der Waals surface area contributed by atoms with Crippen LogP contribution < -0.4 is 15.5 Å². The Morgan fingerprint density at radius 2 is 1.91 bits per heavy atom. The first-order chi connectivity index (χ1) is 15.5. The summed E-state index contributed by atoms with van der Waals surface area (Å²) in [7, 11) is 2.14. The number of aryl methyl sites for hydroxylation is 1. The number of likely N-dealkylation sites (N-methyl/N-ethyl adjacent to an activating group) is 1. The number of carbonyl (C=O) groups is 1. The first-order valence-electron chi connectivity index (χ1n) is 10.6. The molecule has 2 N–H and O–H groups in total. The average molecular weight is 450 g/mol. The molecule has 1 fully saturated rings. The molecule has 8 nitrogen and oxygen atoms in total. The molecule has 0 spiro atoms. The Morgan fingerprint density at radius 1 is 1.09 bits per heavy atom. The van der Waals surface area contributed by atoms with E-state index in [2.05, 4.69) is 43.5 Å². The van der Waals surface area contributed by atoms with Crippen molar-refractivity contribution in [3.8, 4) is 11.3 Å². The molecule has 0 atom stereocenters. The van der Waals surface area contributed by atoms with Crippen molar-refractivity contribution in [2.24, 2.45) is 0 Å². The molecule has 32 heavy (non-hydrogen) atoms. The number of pyridine rings is 1. The normalized spacial score (nSPS) is 16.1. The van der Waals surface area contributed by atoms with E-state index in [1.807, 2.05) is 19.2 Å². The highest BCUT2D eigenvalue weighted by atomic mass is 35.5. The first kappa shape index (κ1) is 20.7. The van der Waals surface area contributed by atoms with Crippen molar-refractivity contribution in [3.63, 3.8) is 0 Å². The maximum Gasteiger partial charge on any atom is 0.228 e. The third-order valence-electron chi connectivity index (χ3n) is 5.91. The van der Waals surface area contributed by atoms with Gasteiger partial charge in [0.15, 0.2) is 0 Å².